The van der Waals surface area contributed by atoms with Gasteiger partial charge in [-0.15, -0.1) is 0 Å². The number of hydrogen-bond donors (Lipinski definition) is 0. The van der Waals surface area contributed by atoms with E-state index in [0.717, 1.165) is 0 Å². The van der Waals surface area contributed by atoms with Crippen molar-refractivity contribution in [2.75, 3.05) is 13.2 Å². The van der Waals surface area contributed by atoms with Crippen LogP contribution < -0.4 is 0 Å². The number of rotatable bonds is 6. The van der Waals surface area contributed by atoms with Crippen LogP contribution in [0.5, 0.6) is 0 Å². The lowest BCUT2D eigenvalue weighted by Crippen LogP contribution is -2.34. The minimum Gasteiger partial charge on any atom is -0.465 e. The minimum absolute atomic E-state index is 0.0696. The van der Waals surface area contributed by atoms with E-state index in [1.807, 2.05) is 0 Å². The van der Waals surface area contributed by atoms with Crippen molar-refractivity contribution in [1.29, 1.82) is 0 Å². The Bertz CT molecular complexity index is 402. The van der Waals surface area contributed by atoms with Gasteiger partial charge in [0.15, 0.2) is 5.76 Å². The molecule has 0 saturated carbocycles. The van der Waals surface area contributed by atoms with E-state index in [2.05, 4.69) is 9.47 Å². The number of carbonyl (C=O) groups is 3. The molecule has 0 spiro atoms. The fourth-order valence-electron chi connectivity index (χ4n) is 1.32. The van der Waals surface area contributed by atoms with Crippen LogP contribution in [0.15, 0.2) is 22.8 Å². The van der Waals surface area contributed by atoms with Crippen molar-refractivity contribution in [2.45, 2.75) is 13.8 Å². The van der Waals surface area contributed by atoms with Crippen molar-refractivity contribution in [1.82, 2.24) is 0 Å². The highest BCUT2D eigenvalue weighted by atomic mass is 16.6. The molecule has 0 aliphatic carbocycles. The highest BCUT2D eigenvalue weighted by Gasteiger charge is 2.38. The van der Waals surface area contributed by atoms with E-state index >= 15 is 0 Å². The molecule has 1 aromatic heterocycles. The number of furan rings is 1. The van der Waals surface area contributed by atoms with Crippen molar-refractivity contribution < 1.29 is 28.3 Å². The third kappa shape index (κ3) is 3.19. The summed E-state index contributed by atoms with van der Waals surface area (Å²) in [5, 5.41) is 0. The molecule has 0 atom stereocenters. The molecule has 18 heavy (non-hydrogen) atoms. The van der Waals surface area contributed by atoms with Gasteiger partial charge in [-0.05, 0) is 26.0 Å². The van der Waals surface area contributed by atoms with Crippen LogP contribution in [0.3, 0.4) is 0 Å². The van der Waals surface area contributed by atoms with E-state index in [1.165, 1.54) is 18.4 Å². The second kappa shape index (κ2) is 6.58. The lowest BCUT2D eigenvalue weighted by molar-refractivity contribution is -0.158. The first kappa shape index (κ1) is 14.0. The van der Waals surface area contributed by atoms with E-state index in [-0.39, 0.29) is 19.0 Å². The molecule has 0 radical (unpaired) electrons. The largest absolute Gasteiger partial charge is 0.465 e. The van der Waals surface area contributed by atoms with Crippen LogP contribution in [-0.2, 0) is 19.1 Å². The number of hydrogen-bond acceptors (Lipinski definition) is 6. The Morgan fingerprint density at radius 3 is 2.11 bits per heavy atom. The Kier molecular flexibility index (Phi) is 5.10. The van der Waals surface area contributed by atoms with Gasteiger partial charge < -0.3 is 13.9 Å². The van der Waals surface area contributed by atoms with Crippen LogP contribution in [0.2, 0.25) is 0 Å². The quantitative estimate of drug-likeness (QED) is 0.431. The van der Waals surface area contributed by atoms with Crippen LogP contribution in [0.4, 0.5) is 0 Å². The van der Waals surface area contributed by atoms with Gasteiger partial charge in [0, 0.05) is 0 Å². The van der Waals surface area contributed by atoms with Crippen molar-refractivity contribution >= 4 is 17.7 Å². The molecule has 6 nitrogen and oxygen atoms in total. The van der Waals surface area contributed by atoms with Crippen LogP contribution in [0.1, 0.15) is 24.4 Å². The Morgan fingerprint density at radius 1 is 1.17 bits per heavy atom. The molecular formula is C12H14O6. The molecular weight excluding hydrogens is 240 g/mol. The molecule has 0 saturated heterocycles. The molecule has 0 aliphatic rings. The third-order valence-corrected chi connectivity index (χ3v) is 2.07. The molecule has 0 fully saturated rings. The molecule has 1 rings (SSSR count). The van der Waals surface area contributed by atoms with Gasteiger partial charge in [-0.3, -0.25) is 14.4 Å². The highest BCUT2D eigenvalue weighted by molar-refractivity contribution is 6.19. The Labute approximate surface area is 104 Å². The first-order valence-electron chi connectivity index (χ1n) is 5.52. The summed E-state index contributed by atoms with van der Waals surface area (Å²) in [5.74, 6) is -4.34. The van der Waals surface area contributed by atoms with Gasteiger partial charge in [-0.2, -0.15) is 0 Å². The van der Waals surface area contributed by atoms with Gasteiger partial charge in [0.25, 0.3) is 0 Å². The molecule has 98 valence electrons. The van der Waals surface area contributed by atoms with E-state index < -0.39 is 23.6 Å². The number of Topliss-reactive ketones (excluding diaryl/α,β-unsaturated/α-hetero) is 1. The Morgan fingerprint density at radius 2 is 1.72 bits per heavy atom. The minimum atomic E-state index is -1.63. The normalized spacial score (nSPS) is 10.2. The number of carbonyl (C=O) groups excluding carboxylic acids is 3. The molecule has 6 heteroatoms. The van der Waals surface area contributed by atoms with E-state index in [0.29, 0.717) is 0 Å². The maximum atomic E-state index is 11.9. The van der Waals surface area contributed by atoms with Crippen molar-refractivity contribution in [3.8, 4) is 0 Å². The van der Waals surface area contributed by atoms with Gasteiger partial charge in [0.2, 0.25) is 11.7 Å². The summed E-state index contributed by atoms with van der Waals surface area (Å²) in [6.45, 7) is 3.30. The maximum Gasteiger partial charge on any atom is 0.328 e. The average Bonchev–Trinajstić information content (AvgIpc) is 2.83. The third-order valence-electron chi connectivity index (χ3n) is 2.07. The van der Waals surface area contributed by atoms with Gasteiger partial charge in [0.05, 0.1) is 19.5 Å². The lowest BCUT2D eigenvalue weighted by Gasteiger charge is -2.11. The molecule has 0 aliphatic heterocycles. The van der Waals surface area contributed by atoms with E-state index in [4.69, 9.17) is 4.42 Å². The second-order valence-corrected chi connectivity index (χ2v) is 3.28. The van der Waals surface area contributed by atoms with Gasteiger partial charge in [-0.25, -0.2) is 0 Å². The fourth-order valence-corrected chi connectivity index (χ4v) is 1.32. The zero-order valence-electron chi connectivity index (χ0n) is 10.2. The van der Waals surface area contributed by atoms with Crippen molar-refractivity contribution in [3.63, 3.8) is 0 Å². The summed E-state index contributed by atoms with van der Waals surface area (Å²) in [7, 11) is 0. The molecule has 1 heterocycles. The monoisotopic (exact) mass is 254 g/mol. The first-order chi connectivity index (χ1) is 8.61. The first-order valence-corrected chi connectivity index (χ1v) is 5.52. The summed E-state index contributed by atoms with van der Waals surface area (Å²) in [4.78, 5) is 35.2. The summed E-state index contributed by atoms with van der Waals surface area (Å²) < 4.78 is 14.2. The predicted octanol–water partition coefficient (Wildman–Crippen LogP) is 1.20. The van der Waals surface area contributed by atoms with Crippen LogP contribution >= 0.6 is 0 Å². The SMILES string of the molecule is CCOC(=O)C(C(=O)OCC)C(=O)c1ccco1. The molecule has 1 aromatic rings. The summed E-state index contributed by atoms with van der Waals surface area (Å²) >= 11 is 0. The van der Waals surface area contributed by atoms with Gasteiger partial charge in [-0.1, -0.05) is 0 Å². The molecule has 0 unspecified atom stereocenters. The lowest BCUT2D eigenvalue weighted by atomic mass is 10.0. The standard InChI is InChI=1S/C12H14O6/c1-3-16-11(14)9(12(15)17-4-2)10(13)8-6-5-7-18-8/h5-7,9H,3-4H2,1-2H3. The smallest absolute Gasteiger partial charge is 0.328 e. The Balaban J connectivity index is 2.93. The van der Waals surface area contributed by atoms with Gasteiger partial charge >= 0.3 is 11.9 Å². The Hall–Kier alpha value is -2.11. The molecule has 0 N–H and O–H groups in total. The predicted molar refractivity (Wildman–Crippen MR) is 59.8 cm³/mol. The zero-order valence-corrected chi connectivity index (χ0v) is 10.2. The molecule has 0 amide bonds. The van der Waals surface area contributed by atoms with E-state index in [1.54, 1.807) is 13.8 Å². The summed E-state index contributed by atoms with van der Waals surface area (Å²) in [6.07, 6.45) is 1.28. The topological polar surface area (TPSA) is 82.8 Å². The van der Waals surface area contributed by atoms with Gasteiger partial charge in [0.1, 0.15) is 0 Å². The maximum absolute atomic E-state index is 11.9. The molecule has 0 bridgehead atoms. The van der Waals surface area contributed by atoms with E-state index in [9.17, 15) is 14.4 Å². The molecule has 0 aromatic carbocycles. The van der Waals surface area contributed by atoms with Crippen LogP contribution in [0, 0.1) is 5.92 Å². The number of ether oxygens (including phenoxy) is 2. The van der Waals surface area contributed by atoms with Crippen LogP contribution in [0.25, 0.3) is 0 Å². The summed E-state index contributed by atoms with van der Waals surface area (Å²) in [6, 6.07) is 2.86. The summed E-state index contributed by atoms with van der Waals surface area (Å²) in [5.41, 5.74) is 0. The average molecular weight is 254 g/mol. The van der Waals surface area contributed by atoms with Crippen molar-refractivity contribution in [2.24, 2.45) is 5.92 Å². The van der Waals surface area contributed by atoms with Crippen LogP contribution in [-0.4, -0.2) is 30.9 Å². The second-order valence-electron chi connectivity index (χ2n) is 3.28. The fraction of sp³-hybridized carbons (Fsp3) is 0.417. The van der Waals surface area contributed by atoms with Crippen molar-refractivity contribution in [3.05, 3.63) is 24.2 Å². The number of ketones is 1. The highest BCUT2D eigenvalue weighted by Crippen LogP contribution is 2.13. The number of esters is 2. The zero-order chi connectivity index (χ0) is 13.5.